The molecule has 0 unspecified atom stereocenters. The minimum absolute atomic E-state index is 0. The van der Waals surface area contributed by atoms with Gasteiger partial charge in [0.2, 0.25) is 5.91 Å². The Bertz CT molecular complexity index is 230. The standard InChI is InChI=1S/C8H19N2O4P.ClH/c1-3-13-15(12,14-4-2)6-5-10-8(11)7-9;/h3-7,9H2,1-2H3,(H,10,11);1H. The molecule has 0 aromatic carbocycles. The zero-order valence-electron chi connectivity index (χ0n) is 9.60. The van der Waals surface area contributed by atoms with Crippen LogP contribution < -0.4 is 11.1 Å². The van der Waals surface area contributed by atoms with Crippen LogP contribution in [0.4, 0.5) is 0 Å². The molecule has 0 spiro atoms. The van der Waals surface area contributed by atoms with E-state index in [1.54, 1.807) is 13.8 Å². The first-order chi connectivity index (χ1) is 7.08. The number of amides is 1. The number of hydrogen-bond acceptors (Lipinski definition) is 5. The summed E-state index contributed by atoms with van der Waals surface area (Å²) in [5.74, 6) is -0.283. The smallest absolute Gasteiger partial charge is 0.332 e. The Kier molecular flexibility index (Phi) is 11.5. The van der Waals surface area contributed by atoms with E-state index >= 15 is 0 Å². The average molecular weight is 275 g/mol. The van der Waals surface area contributed by atoms with Crippen LogP contribution in [0.3, 0.4) is 0 Å². The van der Waals surface area contributed by atoms with Crippen molar-refractivity contribution in [2.45, 2.75) is 13.8 Å². The van der Waals surface area contributed by atoms with Crippen LogP contribution in [-0.2, 0) is 18.4 Å². The summed E-state index contributed by atoms with van der Waals surface area (Å²) in [7, 11) is -3.04. The molecular formula is C8H20ClN2O4P. The average Bonchev–Trinajstić information content (AvgIpc) is 2.18. The predicted octanol–water partition coefficient (Wildman–Crippen LogP) is 0.749. The molecule has 0 radical (unpaired) electrons. The topological polar surface area (TPSA) is 90.7 Å². The van der Waals surface area contributed by atoms with Crippen molar-refractivity contribution in [3.8, 4) is 0 Å². The highest BCUT2D eigenvalue weighted by atomic mass is 35.5. The molecule has 16 heavy (non-hydrogen) atoms. The summed E-state index contributed by atoms with van der Waals surface area (Å²) in [5, 5.41) is 2.51. The van der Waals surface area contributed by atoms with Crippen LogP contribution in [0, 0.1) is 0 Å². The minimum Gasteiger partial charge on any atom is -0.354 e. The Morgan fingerprint density at radius 3 is 2.19 bits per heavy atom. The highest BCUT2D eigenvalue weighted by Gasteiger charge is 2.22. The lowest BCUT2D eigenvalue weighted by Gasteiger charge is -2.16. The Morgan fingerprint density at radius 1 is 1.31 bits per heavy atom. The first-order valence-electron chi connectivity index (χ1n) is 4.92. The van der Waals surface area contributed by atoms with Gasteiger partial charge in [0.25, 0.3) is 0 Å². The van der Waals surface area contributed by atoms with Crippen molar-refractivity contribution < 1.29 is 18.4 Å². The number of carbonyl (C=O) groups is 1. The number of hydrogen-bond donors (Lipinski definition) is 2. The van der Waals surface area contributed by atoms with Crippen molar-refractivity contribution in [1.29, 1.82) is 0 Å². The molecule has 3 N–H and O–H groups in total. The third kappa shape index (κ3) is 8.07. The molecular weight excluding hydrogens is 255 g/mol. The number of halogens is 1. The third-order valence-electron chi connectivity index (χ3n) is 1.54. The monoisotopic (exact) mass is 274 g/mol. The lowest BCUT2D eigenvalue weighted by atomic mass is 10.6. The molecule has 0 saturated heterocycles. The second-order valence-electron chi connectivity index (χ2n) is 2.72. The summed E-state index contributed by atoms with van der Waals surface area (Å²) in [6, 6.07) is 0. The Hall–Kier alpha value is -0.130. The van der Waals surface area contributed by atoms with Gasteiger partial charge in [-0.1, -0.05) is 0 Å². The number of rotatable bonds is 8. The summed E-state index contributed by atoms with van der Waals surface area (Å²) >= 11 is 0. The van der Waals surface area contributed by atoms with Crippen molar-refractivity contribution in [1.82, 2.24) is 5.32 Å². The fraction of sp³-hybridized carbons (Fsp3) is 0.875. The van der Waals surface area contributed by atoms with E-state index in [2.05, 4.69) is 5.32 Å². The van der Waals surface area contributed by atoms with Crippen LogP contribution in [0.15, 0.2) is 0 Å². The van der Waals surface area contributed by atoms with Crippen molar-refractivity contribution in [3.63, 3.8) is 0 Å². The highest BCUT2D eigenvalue weighted by molar-refractivity contribution is 7.53. The first kappa shape index (κ1) is 18.2. The van der Waals surface area contributed by atoms with Gasteiger partial charge in [-0.05, 0) is 13.8 Å². The van der Waals surface area contributed by atoms with Gasteiger partial charge >= 0.3 is 7.60 Å². The second kappa shape index (κ2) is 10.1. The van der Waals surface area contributed by atoms with Gasteiger partial charge < -0.3 is 20.1 Å². The van der Waals surface area contributed by atoms with Crippen LogP contribution in [0.2, 0.25) is 0 Å². The maximum Gasteiger partial charge on any atom is 0.332 e. The molecule has 0 bridgehead atoms. The zero-order valence-corrected chi connectivity index (χ0v) is 11.3. The van der Waals surface area contributed by atoms with Gasteiger partial charge in [0, 0.05) is 6.54 Å². The van der Waals surface area contributed by atoms with E-state index in [0.717, 1.165) is 0 Å². The van der Waals surface area contributed by atoms with E-state index in [4.69, 9.17) is 14.8 Å². The zero-order chi connectivity index (χ0) is 11.7. The van der Waals surface area contributed by atoms with Crippen LogP contribution in [-0.4, -0.2) is 38.4 Å². The van der Waals surface area contributed by atoms with E-state index in [-0.39, 0.29) is 37.6 Å². The molecule has 0 fully saturated rings. The van der Waals surface area contributed by atoms with Crippen LogP contribution in [0.25, 0.3) is 0 Å². The maximum atomic E-state index is 11.9. The van der Waals surface area contributed by atoms with Gasteiger partial charge in [-0.3, -0.25) is 9.36 Å². The number of carbonyl (C=O) groups excluding carboxylic acids is 1. The van der Waals surface area contributed by atoms with Crippen molar-refractivity contribution >= 4 is 25.9 Å². The van der Waals surface area contributed by atoms with Gasteiger partial charge in [-0.25, -0.2) is 0 Å². The summed E-state index contributed by atoms with van der Waals surface area (Å²) in [6.07, 6.45) is 0.167. The lowest BCUT2D eigenvalue weighted by Crippen LogP contribution is -2.32. The molecule has 0 saturated carbocycles. The van der Waals surface area contributed by atoms with Crippen molar-refractivity contribution in [3.05, 3.63) is 0 Å². The highest BCUT2D eigenvalue weighted by Crippen LogP contribution is 2.47. The van der Waals surface area contributed by atoms with Crippen LogP contribution >= 0.6 is 20.0 Å². The third-order valence-corrected chi connectivity index (χ3v) is 3.62. The Morgan fingerprint density at radius 2 is 1.81 bits per heavy atom. The van der Waals surface area contributed by atoms with Crippen molar-refractivity contribution in [2.24, 2.45) is 5.73 Å². The summed E-state index contributed by atoms with van der Waals surface area (Å²) in [5.41, 5.74) is 5.10. The molecule has 0 atom stereocenters. The normalized spacial score (nSPS) is 10.7. The Labute approximate surface area is 102 Å². The van der Waals surface area contributed by atoms with Crippen molar-refractivity contribution in [2.75, 3.05) is 32.5 Å². The van der Waals surface area contributed by atoms with E-state index in [9.17, 15) is 9.36 Å². The molecule has 0 rings (SSSR count). The predicted molar refractivity (Wildman–Crippen MR) is 65.0 cm³/mol. The molecule has 0 heterocycles. The fourth-order valence-electron chi connectivity index (χ4n) is 0.964. The minimum atomic E-state index is -3.04. The molecule has 0 aliphatic heterocycles. The second-order valence-corrected chi connectivity index (χ2v) is 4.91. The number of nitrogens with one attached hydrogen (secondary N) is 1. The number of nitrogens with two attached hydrogens (primary N) is 1. The SMILES string of the molecule is CCOP(=O)(CCNC(=O)CN)OCC.Cl. The van der Waals surface area contributed by atoms with Gasteiger partial charge in [-0.2, -0.15) is 0 Å². The molecule has 1 amide bonds. The van der Waals surface area contributed by atoms with Gasteiger partial charge in [0.15, 0.2) is 0 Å². The molecule has 0 aromatic heterocycles. The van der Waals surface area contributed by atoms with Crippen LogP contribution in [0.5, 0.6) is 0 Å². The van der Waals surface area contributed by atoms with E-state index in [0.29, 0.717) is 13.2 Å². The lowest BCUT2D eigenvalue weighted by molar-refractivity contribution is -0.119. The molecule has 0 aliphatic carbocycles. The summed E-state index contributed by atoms with van der Waals surface area (Å²) in [4.78, 5) is 10.8. The largest absolute Gasteiger partial charge is 0.354 e. The van der Waals surface area contributed by atoms with Crippen LogP contribution in [0.1, 0.15) is 13.8 Å². The first-order valence-corrected chi connectivity index (χ1v) is 6.65. The molecule has 0 aromatic rings. The molecule has 6 nitrogen and oxygen atoms in total. The molecule has 8 heteroatoms. The summed E-state index contributed by atoms with van der Waals surface area (Å²) < 4.78 is 21.9. The molecule has 98 valence electrons. The van der Waals surface area contributed by atoms with Gasteiger partial charge in [-0.15, -0.1) is 12.4 Å². The Balaban J connectivity index is 0. The quantitative estimate of drug-likeness (QED) is 0.638. The van der Waals surface area contributed by atoms with E-state index in [1.165, 1.54) is 0 Å². The van der Waals surface area contributed by atoms with E-state index in [1.807, 2.05) is 0 Å². The summed E-state index contributed by atoms with van der Waals surface area (Å²) in [6.45, 7) is 4.29. The fourth-order valence-corrected chi connectivity index (χ4v) is 2.47. The van der Waals surface area contributed by atoms with Gasteiger partial charge in [0.05, 0.1) is 25.9 Å². The van der Waals surface area contributed by atoms with E-state index < -0.39 is 7.60 Å². The molecule has 0 aliphatic rings. The maximum absolute atomic E-state index is 11.9. The van der Waals surface area contributed by atoms with Gasteiger partial charge in [0.1, 0.15) is 0 Å².